The molecule has 0 atom stereocenters. The van der Waals surface area contributed by atoms with E-state index < -0.39 is 0 Å². The van der Waals surface area contributed by atoms with Gasteiger partial charge in [-0.25, -0.2) is 0 Å². The molecular formula is C20H39. The summed E-state index contributed by atoms with van der Waals surface area (Å²) in [6.45, 7) is 6.17. The van der Waals surface area contributed by atoms with Gasteiger partial charge in [0.15, 0.2) is 0 Å². The first-order valence-corrected chi connectivity index (χ1v) is 9.36. The first-order valence-electron chi connectivity index (χ1n) is 9.36. The molecule has 0 heterocycles. The fourth-order valence-corrected chi connectivity index (χ4v) is 2.60. The van der Waals surface area contributed by atoms with Crippen molar-refractivity contribution < 1.29 is 0 Å². The zero-order chi connectivity index (χ0) is 14.7. The first-order chi connectivity index (χ1) is 9.91. The van der Waals surface area contributed by atoms with Crippen LogP contribution in [0.1, 0.15) is 110 Å². The zero-order valence-electron chi connectivity index (χ0n) is 14.2. The van der Waals surface area contributed by atoms with E-state index in [-0.39, 0.29) is 0 Å². The van der Waals surface area contributed by atoms with Crippen LogP contribution in [0.3, 0.4) is 0 Å². The van der Waals surface area contributed by atoms with Gasteiger partial charge in [-0.15, -0.1) is 0 Å². The van der Waals surface area contributed by atoms with Crippen LogP contribution in [0.4, 0.5) is 0 Å². The van der Waals surface area contributed by atoms with Crippen molar-refractivity contribution in [2.45, 2.75) is 110 Å². The summed E-state index contributed by atoms with van der Waals surface area (Å²) in [5.74, 6) is 0. The Morgan fingerprint density at radius 2 is 0.950 bits per heavy atom. The third-order valence-electron chi connectivity index (χ3n) is 4.01. The summed E-state index contributed by atoms with van der Waals surface area (Å²) in [4.78, 5) is 0. The monoisotopic (exact) mass is 279 g/mol. The summed E-state index contributed by atoms with van der Waals surface area (Å²) in [5, 5.41) is 0. The Hall–Kier alpha value is -0.260. The van der Waals surface area contributed by atoms with E-state index in [0.29, 0.717) is 0 Å². The molecule has 0 saturated carbocycles. The highest BCUT2D eigenvalue weighted by molar-refractivity contribution is 4.81. The molecule has 0 saturated heterocycles. The van der Waals surface area contributed by atoms with Gasteiger partial charge in [0, 0.05) is 0 Å². The molecule has 0 heteroatoms. The minimum Gasteiger partial charge on any atom is -0.0885 e. The van der Waals surface area contributed by atoms with Gasteiger partial charge in [0.25, 0.3) is 0 Å². The second-order valence-corrected chi connectivity index (χ2v) is 6.14. The van der Waals surface area contributed by atoms with Crippen LogP contribution in [0.2, 0.25) is 0 Å². The lowest BCUT2D eigenvalue weighted by atomic mass is 10.1. The highest BCUT2D eigenvalue weighted by Crippen LogP contribution is 2.10. The fraction of sp³-hybridized carbons (Fsp3) is 0.850. The number of hydrogen-bond acceptors (Lipinski definition) is 0. The van der Waals surface area contributed by atoms with Gasteiger partial charge in [-0.2, -0.15) is 0 Å². The third-order valence-corrected chi connectivity index (χ3v) is 4.01. The van der Waals surface area contributed by atoms with Crippen molar-refractivity contribution in [2.75, 3.05) is 0 Å². The maximum atomic E-state index is 3.89. The van der Waals surface area contributed by atoms with Crippen LogP contribution in [-0.4, -0.2) is 0 Å². The maximum absolute atomic E-state index is 3.89. The summed E-state index contributed by atoms with van der Waals surface area (Å²) in [7, 11) is 0. The standard InChI is InChI=1S/C20H39/c1-3-5-7-9-11-13-15-17-19-20-18-16-14-12-10-8-6-4-2/h18,20H,1,3-17,19H2,2H3/b20-18-. The van der Waals surface area contributed by atoms with E-state index in [9.17, 15) is 0 Å². The normalized spacial score (nSPS) is 11.5. The molecule has 0 aliphatic rings. The van der Waals surface area contributed by atoms with Gasteiger partial charge in [0.05, 0.1) is 0 Å². The van der Waals surface area contributed by atoms with Crippen molar-refractivity contribution >= 4 is 0 Å². The molecule has 0 aromatic carbocycles. The average Bonchev–Trinajstić information content (AvgIpc) is 2.47. The molecule has 0 nitrogen and oxygen atoms in total. The largest absolute Gasteiger partial charge is 0.0885 e. The quantitative estimate of drug-likeness (QED) is 0.201. The lowest BCUT2D eigenvalue weighted by Gasteiger charge is -2.00. The summed E-state index contributed by atoms with van der Waals surface area (Å²) >= 11 is 0. The molecule has 0 rings (SSSR count). The summed E-state index contributed by atoms with van der Waals surface area (Å²) in [6.07, 6.45) is 26.8. The Balaban J connectivity index is 3.01. The minimum absolute atomic E-state index is 1.11. The summed E-state index contributed by atoms with van der Waals surface area (Å²) in [5.41, 5.74) is 0. The minimum atomic E-state index is 1.11. The molecule has 0 aliphatic carbocycles. The molecule has 0 aromatic rings. The Bertz CT molecular complexity index is 180. The van der Waals surface area contributed by atoms with Crippen molar-refractivity contribution in [3.63, 3.8) is 0 Å². The van der Waals surface area contributed by atoms with Crippen LogP contribution in [0.15, 0.2) is 12.2 Å². The summed E-state index contributed by atoms with van der Waals surface area (Å²) < 4.78 is 0. The van der Waals surface area contributed by atoms with Crippen LogP contribution in [-0.2, 0) is 0 Å². The van der Waals surface area contributed by atoms with E-state index in [0.717, 1.165) is 6.42 Å². The van der Waals surface area contributed by atoms with Crippen molar-refractivity contribution in [3.8, 4) is 0 Å². The SMILES string of the molecule is [CH2]CCCCCCCCC/C=C\CCCCCCCC. The van der Waals surface area contributed by atoms with E-state index in [1.807, 2.05) is 0 Å². The highest BCUT2D eigenvalue weighted by Gasteiger charge is 1.91. The molecule has 0 N–H and O–H groups in total. The smallest absolute Gasteiger partial charge is 0.0351 e. The van der Waals surface area contributed by atoms with Crippen LogP contribution in [0, 0.1) is 6.92 Å². The lowest BCUT2D eigenvalue weighted by Crippen LogP contribution is -1.80. The molecule has 20 heavy (non-hydrogen) atoms. The third kappa shape index (κ3) is 17.7. The van der Waals surface area contributed by atoms with Gasteiger partial charge >= 0.3 is 0 Å². The number of rotatable bonds is 16. The molecule has 0 aliphatic heterocycles. The van der Waals surface area contributed by atoms with E-state index in [4.69, 9.17) is 0 Å². The first kappa shape index (κ1) is 19.7. The van der Waals surface area contributed by atoms with Gasteiger partial charge in [-0.1, -0.05) is 103 Å². The maximum Gasteiger partial charge on any atom is -0.0351 e. The molecule has 1 radical (unpaired) electrons. The van der Waals surface area contributed by atoms with Crippen LogP contribution >= 0.6 is 0 Å². The number of hydrogen-bond donors (Lipinski definition) is 0. The Kier molecular flexibility index (Phi) is 18.5. The fourth-order valence-electron chi connectivity index (χ4n) is 2.60. The molecule has 0 amide bonds. The van der Waals surface area contributed by atoms with Crippen molar-refractivity contribution in [1.29, 1.82) is 0 Å². The molecule has 119 valence electrons. The van der Waals surface area contributed by atoms with Crippen molar-refractivity contribution in [1.82, 2.24) is 0 Å². The zero-order valence-corrected chi connectivity index (χ0v) is 14.2. The van der Waals surface area contributed by atoms with Crippen molar-refractivity contribution in [2.24, 2.45) is 0 Å². The van der Waals surface area contributed by atoms with Gasteiger partial charge < -0.3 is 0 Å². The number of unbranched alkanes of at least 4 members (excludes halogenated alkanes) is 14. The predicted octanol–water partition coefficient (Wildman–Crippen LogP) is 7.64. The second kappa shape index (κ2) is 18.7. The lowest BCUT2D eigenvalue weighted by molar-refractivity contribution is 0.583. The van der Waals surface area contributed by atoms with Crippen molar-refractivity contribution in [3.05, 3.63) is 19.1 Å². The predicted molar refractivity (Wildman–Crippen MR) is 94.0 cm³/mol. The molecular weight excluding hydrogens is 240 g/mol. The average molecular weight is 280 g/mol. The molecule has 0 unspecified atom stereocenters. The molecule has 0 bridgehead atoms. The topological polar surface area (TPSA) is 0 Å². The molecule has 0 spiro atoms. The van der Waals surface area contributed by atoms with Gasteiger partial charge in [-0.05, 0) is 25.7 Å². The Morgan fingerprint density at radius 3 is 1.40 bits per heavy atom. The summed E-state index contributed by atoms with van der Waals surface area (Å²) in [6, 6.07) is 0. The van der Waals surface area contributed by atoms with E-state index in [1.165, 1.54) is 96.3 Å². The Morgan fingerprint density at radius 1 is 0.550 bits per heavy atom. The van der Waals surface area contributed by atoms with Crippen LogP contribution < -0.4 is 0 Å². The van der Waals surface area contributed by atoms with Gasteiger partial charge in [0.2, 0.25) is 0 Å². The van der Waals surface area contributed by atoms with Gasteiger partial charge in [-0.3, -0.25) is 0 Å². The Labute approximate surface area is 129 Å². The number of allylic oxidation sites excluding steroid dienone is 2. The molecule has 0 aromatic heterocycles. The van der Waals surface area contributed by atoms with E-state index in [2.05, 4.69) is 26.0 Å². The van der Waals surface area contributed by atoms with Crippen LogP contribution in [0.5, 0.6) is 0 Å². The highest BCUT2D eigenvalue weighted by atomic mass is 14.0. The van der Waals surface area contributed by atoms with E-state index in [1.54, 1.807) is 0 Å². The second-order valence-electron chi connectivity index (χ2n) is 6.14. The van der Waals surface area contributed by atoms with Gasteiger partial charge in [0.1, 0.15) is 0 Å². The van der Waals surface area contributed by atoms with E-state index >= 15 is 0 Å². The van der Waals surface area contributed by atoms with Crippen LogP contribution in [0.25, 0.3) is 0 Å². The molecule has 0 fully saturated rings.